The molecule has 5 nitrogen and oxygen atoms in total. The van der Waals surface area contributed by atoms with E-state index in [2.05, 4.69) is 17.1 Å². The predicted molar refractivity (Wildman–Crippen MR) is 104 cm³/mol. The summed E-state index contributed by atoms with van der Waals surface area (Å²) in [5.41, 5.74) is 0.858. The van der Waals surface area contributed by atoms with Gasteiger partial charge in [-0.1, -0.05) is 6.92 Å². The third kappa shape index (κ3) is 5.42. The van der Waals surface area contributed by atoms with Gasteiger partial charge in [-0.05, 0) is 56.0 Å². The van der Waals surface area contributed by atoms with Crippen LogP contribution in [0.5, 0.6) is 5.75 Å². The summed E-state index contributed by atoms with van der Waals surface area (Å²) in [5.74, 6) is 1.87. The van der Waals surface area contributed by atoms with Gasteiger partial charge in [0.15, 0.2) is 0 Å². The van der Waals surface area contributed by atoms with Crippen LogP contribution in [0.3, 0.4) is 0 Å². The van der Waals surface area contributed by atoms with E-state index in [1.165, 1.54) is 25.0 Å². The largest absolute Gasteiger partial charge is 0.496 e. The van der Waals surface area contributed by atoms with Crippen molar-refractivity contribution in [3.63, 3.8) is 0 Å². The Labute approximate surface area is 161 Å². The number of carbonyl (C=O) groups excluding carboxylic acids is 1. The molecule has 0 radical (unpaired) electrons. The molecule has 6 heteroatoms. The monoisotopic (exact) mass is 377 g/mol. The Morgan fingerprint density at radius 2 is 1.96 bits per heavy atom. The number of methoxy groups -OCH3 is 1. The van der Waals surface area contributed by atoms with E-state index >= 15 is 0 Å². The number of halogens is 1. The summed E-state index contributed by atoms with van der Waals surface area (Å²) in [5, 5.41) is 3.39. The zero-order chi connectivity index (χ0) is 19.2. The van der Waals surface area contributed by atoms with E-state index in [1.54, 1.807) is 13.2 Å². The maximum Gasteiger partial charge on any atom is 0.222 e. The molecule has 27 heavy (non-hydrogen) atoms. The highest BCUT2D eigenvalue weighted by Gasteiger charge is 2.26. The molecule has 1 N–H and O–H groups in total. The molecule has 1 unspecified atom stereocenters. The Hall–Kier alpha value is -1.66. The molecule has 2 fully saturated rings. The lowest BCUT2D eigenvalue weighted by Gasteiger charge is -2.36. The highest BCUT2D eigenvalue weighted by atomic mass is 19.1. The lowest BCUT2D eigenvalue weighted by molar-refractivity contribution is -0.134. The molecule has 1 aromatic rings. The van der Waals surface area contributed by atoms with Crippen LogP contribution in [0.2, 0.25) is 0 Å². The van der Waals surface area contributed by atoms with Gasteiger partial charge in [-0.25, -0.2) is 4.39 Å². The van der Waals surface area contributed by atoms with E-state index in [0.717, 1.165) is 44.8 Å². The fraction of sp³-hybridized carbons (Fsp3) is 0.667. The molecule has 2 saturated heterocycles. The van der Waals surface area contributed by atoms with Crippen molar-refractivity contribution in [2.45, 2.75) is 32.7 Å². The summed E-state index contributed by atoms with van der Waals surface area (Å²) in [6.45, 7) is 8.14. The molecule has 2 aliphatic rings. The second-order valence-corrected chi connectivity index (χ2v) is 7.88. The summed E-state index contributed by atoms with van der Waals surface area (Å²) in [6.07, 6.45) is 3.01. The van der Waals surface area contributed by atoms with Crippen LogP contribution in [0, 0.1) is 17.7 Å². The van der Waals surface area contributed by atoms with E-state index in [-0.39, 0.29) is 11.7 Å². The van der Waals surface area contributed by atoms with Gasteiger partial charge < -0.3 is 15.0 Å². The van der Waals surface area contributed by atoms with Gasteiger partial charge in [0.05, 0.1) is 7.11 Å². The van der Waals surface area contributed by atoms with Crippen molar-refractivity contribution in [3.8, 4) is 5.75 Å². The molecule has 0 aliphatic carbocycles. The van der Waals surface area contributed by atoms with Gasteiger partial charge in [0.2, 0.25) is 5.91 Å². The second-order valence-electron chi connectivity index (χ2n) is 7.88. The van der Waals surface area contributed by atoms with Crippen LogP contribution in [0.4, 0.5) is 4.39 Å². The van der Waals surface area contributed by atoms with Crippen LogP contribution in [0.25, 0.3) is 0 Å². The Bertz CT molecular complexity index is 626. The van der Waals surface area contributed by atoms with Crippen molar-refractivity contribution >= 4 is 5.91 Å². The van der Waals surface area contributed by atoms with Crippen LogP contribution in [-0.2, 0) is 11.3 Å². The number of rotatable bonds is 6. The molecular weight excluding hydrogens is 345 g/mol. The summed E-state index contributed by atoms with van der Waals surface area (Å²) in [6, 6.07) is 4.63. The smallest absolute Gasteiger partial charge is 0.222 e. The average molecular weight is 378 g/mol. The molecule has 0 aromatic heterocycles. The lowest BCUT2D eigenvalue weighted by Crippen LogP contribution is -2.48. The summed E-state index contributed by atoms with van der Waals surface area (Å²) >= 11 is 0. The Morgan fingerprint density at radius 3 is 2.63 bits per heavy atom. The lowest BCUT2D eigenvalue weighted by atomic mass is 9.84. The van der Waals surface area contributed by atoms with Crippen molar-refractivity contribution in [2.24, 2.45) is 11.8 Å². The average Bonchev–Trinajstić information content (AvgIpc) is 2.69. The number of piperazine rings is 1. The van der Waals surface area contributed by atoms with E-state index in [1.807, 2.05) is 4.90 Å². The number of nitrogens with zero attached hydrogens (tertiary/aromatic N) is 2. The molecule has 0 spiro atoms. The first kappa shape index (κ1) is 20.1. The minimum Gasteiger partial charge on any atom is -0.496 e. The number of carbonyl (C=O) groups is 1. The zero-order valence-electron chi connectivity index (χ0n) is 16.5. The zero-order valence-corrected chi connectivity index (χ0v) is 16.5. The number of amides is 1. The number of hydrogen-bond donors (Lipinski definition) is 1. The highest BCUT2D eigenvalue weighted by Crippen LogP contribution is 2.26. The molecule has 0 bridgehead atoms. The van der Waals surface area contributed by atoms with Crippen molar-refractivity contribution in [3.05, 3.63) is 29.6 Å². The summed E-state index contributed by atoms with van der Waals surface area (Å²) < 4.78 is 18.9. The minimum atomic E-state index is -0.244. The van der Waals surface area contributed by atoms with Gasteiger partial charge in [0, 0.05) is 44.7 Å². The Morgan fingerprint density at radius 1 is 1.26 bits per heavy atom. The topological polar surface area (TPSA) is 44.8 Å². The van der Waals surface area contributed by atoms with Crippen molar-refractivity contribution < 1.29 is 13.9 Å². The normalized spacial score (nSPS) is 20.5. The van der Waals surface area contributed by atoms with E-state index in [0.29, 0.717) is 30.6 Å². The molecule has 150 valence electrons. The van der Waals surface area contributed by atoms with Gasteiger partial charge in [0.1, 0.15) is 11.6 Å². The van der Waals surface area contributed by atoms with Gasteiger partial charge in [-0.2, -0.15) is 0 Å². The fourth-order valence-electron chi connectivity index (χ4n) is 4.25. The van der Waals surface area contributed by atoms with Crippen LogP contribution < -0.4 is 10.1 Å². The van der Waals surface area contributed by atoms with Crippen molar-refractivity contribution in [2.75, 3.05) is 46.4 Å². The molecular formula is C21H32FN3O2. The Balaban J connectivity index is 1.47. The Kier molecular flexibility index (Phi) is 7.07. The second kappa shape index (κ2) is 9.51. The van der Waals surface area contributed by atoms with Gasteiger partial charge in [-0.3, -0.25) is 9.69 Å². The molecule has 1 aromatic carbocycles. The maximum absolute atomic E-state index is 13.5. The van der Waals surface area contributed by atoms with Crippen LogP contribution in [0.1, 0.15) is 31.7 Å². The first-order valence-electron chi connectivity index (χ1n) is 10.1. The number of ether oxygens (including phenoxy) is 1. The van der Waals surface area contributed by atoms with Crippen molar-refractivity contribution in [1.29, 1.82) is 0 Å². The molecule has 1 amide bonds. The van der Waals surface area contributed by atoms with E-state index in [4.69, 9.17) is 4.74 Å². The molecule has 0 saturated carbocycles. The predicted octanol–water partition coefficient (Wildman–Crippen LogP) is 2.50. The quantitative estimate of drug-likeness (QED) is 0.827. The standard InChI is InChI=1S/C21H32FN3O2/c1-16(17-5-7-23-8-6-17)13-21(26)25-11-9-24(10-12-25)15-18-14-19(22)3-4-20(18)27-2/h3-4,14,16-17,23H,5-13,15H2,1-2H3. The van der Waals surface area contributed by atoms with E-state index < -0.39 is 0 Å². The van der Waals surface area contributed by atoms with Crippen LogP contribution in [0.15, 0.2) is 18.2 Å². The molecule has 2 aliphatic heterocycles. The molecule has 2 heterocycles. The van der Waals surface area contributed by atoms with Crippen LogP contribution in [-0.4, -0.2) is 62.1 Å². The highest BCUT2D eigenvalue weighted by molar-refractivity contribution is 5.76. The summed E-state index contributed by atoms with van der Waals surface area (Å²) in [4.78, 5) is 16.9. The summed E-state index contributed by atoms with van der Waals surface area (Å²) in [7, 11) is 1.61. The third-order valence-corrected chi connectivity index (χ3v) is 6.05. The first-order chi connectivity index (χ1) is 13.1. The van der Waals surface area contributed by atoms with Gasteiger partial charge in [-0.15, -0.1) is 0 Å². The third-order valence-electron chi connectivity index (χ3n) is 6.05. The number of hydrogen-bond acceptors (Lipinski definition) is 4. The fourth-order valence-corrected chi connectivity index (χ4v) is 4.25. The van der Waals surface area contributed by atoms with Crippen LogP contribution >= 0.6 is 0 Å². The first-order valence-corrected chi connectivity index (χ1v) is 10.1. The number of nitrogens with one attached hydrogen (secondary N) is 1. The number of benzene rings is 1. The van der Waals surface area contributed by atoms with Crippen molar-refractivity contribution in [1.82, 2.24) is 15.1 Å². The SMILES string of the molecule is COc1ccc(F)cc1CN1CCN(C(=O)CC(C)C2CCNCC2)CC1. The molecule has 1 atom stereocenters. The van der Waals surface area contributed by atoms with E-state index in [9.17, 15) is 9.18 Å². The number of piperidine rings is 1. The van der Waals surface area contributed by atoms with Gasteiger partial charge in [0.25, 0.3) is 0 Å². The minimum absolute atomic E-state index is 0.244. The van der Waals surface area contributed by atoms with Gasteiger partial charge >= 0.3 is 0 Å². The molecule has 3 rings (SSSR count). The maximum atomic E-state index is 13.5.